The molecular formula is C12H22N6O2. The van der Waals surface area contributed by atoms with E-state index in [4.69, 9.17) is 0 Å². The molecule has 1 aromatic rings. The van der Waals surface area contributed by atoms with Gasteiger partial charge < -0.3 is 15.5 Å². The van der Waals surface area contributed by atoms with Gasteiger partial charge in [0.1, 0.15) is 0 Å². The number of nitrogens with zero attached hydrogens (tertiary/aromatic N) is 4. The summed E-state index contributed by atoms with van der Waals surface area (Å²) >= 11 is 0. The maximum atomic E-state index is 11.8. The molecule has 0 atom stereocenters. The Balaban J connectivity index is 1.85. The van der Waals surface area contributed by atoms with E-state index in [1.807, 2.05) is 0 Å². The van der Waals surface area contributed by atoms with E-state index in [-0.39, 0.29) is 11.4 Å². The van der Waals surface area contributed by atoms with Gasteiger partial charge in [-0.15, -0.1) is 5.10 Å². The summed E-state index contributed by atoms with van der Waals surface area (Å²) in [6.07, 6.45) is 0.938. The fraction of sp³-hybridized carbons (Fsp3) is 0.750. The number of aromatic nitrogens is 3. The zero-order valence-electron chi connectivity index (χ0n) is 12.1. The van der Waals surface area contributed by atoms with Crippen molar-refractivity contribution in [3.63, 3.8) is 0 Å². The number of anilines is 1. The Bertz CT molecular complexity index is 558. The summed E-state index contributed by atoms with van der Waals surface area (Å²) in [6.45, 7) is 5.89. The van der Waals surface area contributed by atoms with Crippen LogP contribution in [0.15, 0.2) is 9.59 Å². The van der Waals surface area contributed by atoms with Crippen LogP contribution >= 0.6 is 0 Å². The molecule has 1 fully saturated rings. The molecule has 0 saturated carbocycles. The first-order valence-corrected chi connectivity index (χ1v) is 6.91. The molecule has 0 aliphatic carbocycles. The van der Waals surface area contributed by atoms with Crippen LogP contribution < -0.4 is 21.9 Å². The van der Waals surface area contributed by atoms with Gasteiger partial charge in [-0.3, -0.25) is 9.36 Å². The van der Waals surface area contributed by atoms with Gasteiger partial charge >= 0.3 is 5.69 Å². The minimum Gasteiger partial charge on any atom is -0.364 e. The summed E-state index contributed by atoms with van der Waals surface area (Å²) in [5, 5.41) is 10.3. The Kier molecular flexibility index (Phi) is 4.91. The molecule has 0 bridgehead atoms. The number of piperazine rings is 1. The summed E-state index contributed by atoms with van der Waals surface area (Å²) in [5.74, 6) is 0.231. The number of aryl methyl sites for hydroxylation is 1. The van der Waals surface area contributed by atoms with E-state index in [1.165, 1.54) is 18.8 Å². The Morgan fingerprint density at radius 1 is 1.25 bits per heavy atom. The Morgan fingerprint density at radius 2 is 1.95 bits per heavy atom. The lowest BCUT2D eigenvalue weighted by atomic mass is 10.3. The number of nitrogens with one attached hydrogen (secondary N) is 2. The monoisotopic (exact) mass is 282 g/mol. The van der Waals surface area contributed by atoms with Crippen LogP contribution in [-0.4, -0.2) is 58.5 Å². The maximum Gasteiger partial charge on any atom is 0.346 e. The second-order valence-electron chi connectivity index (χ2n) is 4.99. The van der Waals surface area contributed by atoms with E-state index in [9.17, 15) is 9.59 Å². The predicted molar refractivity (Wildman–Crippen MR) is 77.1 cm³/mol. The normalized spacial score (nSPS) is 16.3. The minimum atomic E-state index is -0.415. The third-order valence-corrected chi connectivity index (χ3v) is 3.47. The molecule has 112 valence electrons. The zero-order chi connectivity index (χ0) is 14.5. The molecule has 0 radical (unpaired) electrons. The van der Waals surface area contributed by atoms with Crippen molar-refractivity contribution < 1.29 is 0 Å². The van der Waals surface area contributed by atoms with Crippen molar-refractivity contribution >= 4 is 5.82 Å². The van der Waals surface area contributed by atoms with Crippen molar-refractivity contribution in [2.24, 2.45) is 14.1 Å². The molecular weight excluding hydrogens is 260 g/mol. The third-order valence-electron chi connectivity index (χ3n) is 3.47. The molecule has 2 N–H and O–H groups in total. The summed E-state index contributed by atoms with van der Waals surface area (Å²) in [6, 6.07) is 0. The van der Waals surface area contributed by atoms with Gasteiger partial charge in [-0.05, 0) is 13.0 Å². The Labute approximate surface area is 117 Å². The lowest BCUT2D eigenvalue weighted by Crippen LogP contribution is -2.44. The Morgan fingerprint density at radius 3 is 2.65 bits per heavy atom. The van der Waals surface area contributed by atoms with Crippen molar-refractivity contribution in [2.45, 2.75) is 6.42 Å². The molecule has 0 unspecified atom stereocenters. The van der Waals surface area contributed by atoms with E-state index in [2.05, 4.69) is 20.6 Å². The summed E-state index contributed by atoms with van der Waals surface area (Å²) in [7, 11) is 2.99. The fourth-order valence-electron chi connectivity index (χ4n) is 2.25. The van der Waals surface area contributed by atoms with Crippen LogP contribution in [0.25, 0.3) is 0 Å². The third kappa shape index (κ3) is 3.45. The second-order valence-corrected chi connectivity index (χ2v) is 4.99. The van der Waals surface area contributed by atoms with Crippen molar-refractivity contribution in [1.29, 1.82) is 0 Å². The lowest BCUT2D eigenvalue weighted by molar-refractivity contribution is 0.240. The van der Waals surface area contributed by atoms with Crippen LogP contribution in [0.5, 0.6) is 0 Å². The van der Waals surface area contributed by atoms with Gasteiger partial charge in [0.2, 0.25) is 5.82 Å². The van der Waals surface area contributed by atoms with Gasteiger partial charge in [0, 0.05) is 46.8 Å². The maximum absolute atomic E-state index is 11.8. The highest BCUT2D eigenvalue weighted by Crippen LogP contribution is 1.96. The van der Waals surface area contributed by atoms with Crippen molar-refractivity contribution in [3.05, 3.63) is 20.8 Å². The predicted octanol–water partition coefficient (Wildman–Crippen LogP) is -1.81. The molecule has 1 saturated heterocycles. The molecule has 8 heteroatoms. The molecule has 1 aliphatic heterocycles. The standard InChI is InChI=1S/C12H22N6O2/c1-16-11(19)10(15-17(2)12(16)20)14-4-3-7-18-8-5-13-6-9-18/h13H,3-9H2,1-2H3,(H,14,15). The van der Waals surface area contributed by atoms with Crippen LogP contribution in [-0.2, 0) is 14.1 Å². The number of rotatable bonds is 5. The average molecular weight is 282 g/mol. The van der Waals surface area contributed by atoms with Gasteiger partial charge in [-0.2, -0.15) is 0 Å². The van der Waals surface area contributed by atoms with Crippen LogP contribution in [0.2, 0.25) is 0 Å². The van der Waals surface area contributed by atoms with Crippen molar-refractivity contribution in [2.75, 3.05) is 44.6 Å². The van der Waals surface area contributed by atoms with Gasteiger partial charge in [-0.1, -0.05) is 0 Å². The highest BCUT2D eigenvalue weighted by molar-refractivity contribution is 5.29. The largest absolute Gasteiger partial charge is 0.364 e. The van der Waals surface area contributed by atoms with Crippen molar-refractivity contribution in [3.8, 4) is 0 Å². The van der Waals surface area contributed by atoms with Crippen LogP contribution in [0.1, 0.15) is 6.42 Å². The van der Waals surface area contributed by atoms with E-state index < -0.39 is 5.69 Å². The molecule has 0 spiro atoms. The first-order valence-electron chi connectivity index (χ1n) is 6.91. The van der Waals surface area contributed by atoms with Gasteiger partial charge in [0.15, 0.2) is 0 Å². The highest BCUT2D eigenvalue weighted by atomic mass is 16.2. The zero-order valence-corrected chi connectivity index (χ0v) is 12.1. The topological polar surface area (TPSA) is 84.2 Å². The lowest BCUT2D eigenvalue weighted by Gasteiger charge is -2.27. The minimum absolute atomic E-state index is 0.231. The van der Waals surface area contributed by atoms with Crippen LogP contribution in [0.4, 0.5) is 5.82 Å². The second kappa shape index (κ2) is 6.67. The summed E-state index contributed by atoms with van der Waals surface area (Å²) in [4.78, 5) is 25.7. The first-order chi connectivity index (χ1) is 9.59. The number of hydrogen-bond donors (Lipinski definition) is 2. The molecule has 2 rings (SSSR count). The smallest absolute Gasteiger partial charge is 0.346 e. The van der Waals surface area contributed by atoms with Crippen LogP contribution in [0, 0.1) is 0 Å². The SMILES string of the molecule is Cn1nc(NCCCN2CCNCC2)c(=O)n(C)c1=O. The first kappa shape index (κ1) is 14.7. The molecule has 1 aliphatic rings. The highest BCUT2D eigenvalue weighted by Gasteiger charge is 2.10. The average Bonchev–Trinajstić information content (AvgIpc) is 2.47. The van der Waals surface area contributed by atoms with E-state index in [0.717, 1.165) is 43.7 Å². The van der Waals surface area contributed by atoms with E-state index >= 15 is 0 Å². The van der Waals surface area contributed by atoms with Gasteiger partial charge in [0.25, 0.3) is 5.56 Å². The van der Waals surface area contributed by atoms with Gasteiger partial charge in [0.05, 0.1) is 0 Å². The molecule has 0 amide bonds. The molecule has 0 aromatic carbocycles. The summed E-state index contributed by atoms with van der Waals surface area (Å²) < 4.78 is 2.23. The van der Waals surface area contributed by atoms with Crippen LogP contribution in [0.3, 0.4) is 0 Å². The van der Waals surface area contributed by atoms with E-state index in [1.54, 1.807) is 0 Å². The van der Waals surface area contributed by atoms with Gasteiger partial charge in [-0.25, -0.2) is 9.48 Å². The molecule has 8 nitrogen and oxygen atoms in total. The van der Waals surface area contributed by atoms with Crippen molar-refractivity contribution in [1.82, 2.24) is 24.6 Å². The fourth-order valence-corrected chi connectivity index (χ4v) is 2.25. The van der Waals surface area contributed by atoms with E-state index in [0.29, 0.717) is 6.54 Å². The Hall–Kier alpha value is -1.67. The molecule has 2 heterocycles. The number of hydrogen-bond acceptors (Lipinski definition) is 6. The quantitative estimate of drug-likeness (QED) is 0.619. The molecule has 1 aromatic heterocycles. The summed E-state index contributed by atoms with van der Waals surface area (Å²) in [5.41, 5.74) is -0.795. The molecule has 20 heavy (non-hydrogen) atoms.